The number of benzene rings is 2. The molecule has 1 aliphatic heterocycles. The highest BCUT2D eigenvalue weighted by Crippen LogP contribution is 2.33. The first kappa shape index (κ1) is 14.5. The summed E-state index contributed by atoms with van der Waals surface area (Å²) >= 11 is 0. The van der Waals surface area contributed by atoms with E-state index in [4.69, 9.17) is 0 Å². The lowest BCUT2D eigenvalue weighted by atomic mass is 9.98. The molecule has 1 atom stereocenters. The molecule has 0 bridgehead atoms. The number of para-hydroxylation sites is 1. The standard InChI is InChI=1S/C21H24N2/c1-16-9-11-17(12-10-16)15-23-13-5-4-8-21(23)20-14-18-6-2-3-7-19(18)22-20/h2-3,6-7,9-12,14,21-22H,4-5,8,13,15H2,1H3/t21-/m0/s1. The number of aromatic amines is 1. The molecule has 1 fully saturated rings. The molecule has 1 saturated heterocycles. The number of nitrogens with one attached hydrogen (secondary N) is 1. The van der Waals surface area contributed by atoms with Crippen LogP contribution in [0.5, 0.6) is 0 Å². The van der Waals surface area contributed by atoms with Crippen LogP contribution >= 0.6 is 0 Å². The van der Waals surface area contributed by atoms with Crippen LogP contribution in [0.1, 0.15) is 42.1 Å². The Hall–Kier alpha value is -2.06. The van der Waals surface area contributed by atoms with E-state index >= 15 is 0 Å². The van der Waals surface area contributed by atoms with Crippen LogP contribution in [0.15, 0.2) is 54.6 Å². The molecule has 0 amide bonds. The number of hydrogen-bond donors (Lipinski definition) is 1. The van der Waals surface area contributed by atoms with E-state index in [1.165, 1.54) is 53.5 Å². The third-order valence-corrected chi connectivity index (χ3v) is 5.03. The van der Waals surface area contributed by atoms with Gasteiger partial charge in [-0.3, -0.25) is 4.90 Å². The zero-order valence-corrected chi connectivity index (χ0v) is 13.8. The van der Waals surface area contributed by atoms with Gasteiger partial charge in [-0.05, 0) is 49.4 Å². The molecule has 1 N–H and O–H groups in total. The summed E-state index contributed by atoms with van der Waals surface area (Å²) < 4.78 is 0. The van der Waals surface area contributed by atoms with E-state index in [1.807, 2.05) is 0 Å². The van der Waals surface area contributed by atoms with Gasteiger partial charge < -0.3 is 4.98 Å². The highest BCUT2D eigenvalue weighted by molar-refractivity contribution is 5.80. The highest BCUT2D eigenvalue weighted by atomic mass is 15.2. The Kier molecular flexibility index (Phi) is 3.92. The van der Waals surface area contributed by atoms with Crippen LogP contribution in [0.4, 0.5) is 0 Å². The van der Waals surface area contributed by atoms with Crippen LogP contribution in [0.25, 0.3) is 10.9 Å². The van der Waals surface area contributed by atoms with E-state index in [0.29, 0.717) is 6.04 Å². The van der Waals surface area contributed by atoms with Crippen molar-refractivity contribution in [1.82, 2.24) is 9.88 Å². The van der Waals surface area contributed by atoms with Crippen molar-refractivity contribution >= 4 is 10.9 Å². The van der Waals surface area contributed by atoms with Crippen LogP contribution in [0.3, 0.4) is 0 Å². The monoisotopic (exact) mass is 304 g/mol. The molecule has 1 aliphatic rings. The fraction of sp³-hybridized carbons (Fsp3) is 0.333. The summed E-state index contributed by atoms with van der Waals surface area (Å²) in [5.74, 6) is 0. The van der Waals surface area contributed by atoms with E-state index < -0.39 is 0 Å². The number of aryl methyl sites for hydroxylation is 1. The van der Waals surface area contributed by atoms with Gasteiger partial charge in [-0.15, -0.1) is 0 Å². The van der Waals surface area contributed by atoms with Gasteiger partial charge in [0.05, 0.1) is 6.04 Å². The third-order valence-electron chi connectivity index (χ3n) is 5.03. The van der Waals surface area contributed by atoms with E-state index in [1.54, 1.807) is 0 Å². The second-order valence-corrected chi connectivity index (χ2v) is 6.78. The molecule has 2 heterocycles. The maximum atomic E-state index is 3.65. The van der Waals surface area contributed by atoms with Gasteiger partial charge in [0.1, 0.15) is 0 Å². The summed E-state index contributed by atoms with van der Waals surface area (Å²) in [6, 6.07) is 20.4. The van der Waals surface area contributed by atoms with Gasteiger partial charge in [0.2, 0.25) is 0 Å². The van der Waals surface area contributed by atoms with Crippen molar-refractivity contribution in [2.75, 3.05) is 6.54 Å². The summed E-state index contributed by atoms with van der Waals surface area (Å²) in [5.41, 5.74) is 5.37. The Labute approximate surface area is 138 Å². The zero-order valence-electron chi connectivity index (χ0n) is 13.8. The largest absolute Gasteiger partial charge is 0.357 e. The predicted octanol–water partition coefficient (Wildman–Crippen LogP) is 5.20. The maximum absolute atomic E-state index is 3.65. The summed E-state index contributed by atoms with van der Waals surface area (Å²) in [6.07, 6.45) is 3.88. The second kappa shape index (κ2) is 6.21. The Morgan fingerprint density at radius 2 is 1.87 bits per heavy atom. The molecule has 3 aromatic rings. The molecule has 0 unspecified atom stereocenters. The predicted molar refractivity (Wildman–Crippen MR) is 96.5 cm³/mol. The van der Waals surface area contributed by atoms with Crippen LogP contribution in [0.2, 0.25) is 0 Å². The molecule has 0 saturated carbocycles. The van der Waals surface area contributed by atoms with Crippen molar-refractivity contribution in [2.24, 2.45) is 0 Å². The number of rotatable bonds is 3. The molecule has 2 heteroatoms. The first-order valence-electron chi connectivity index (χ1n) is 8.67. The molecule has 2 nitrogen and oxygen atoms in total. The van der Waals surface area contributed by atoms with Gasteiger partial charge >= 0.3 is 0 Å². The molecule has 0 radical (unpaired) electrons. The summed E-state index contributed by atoms with van der Waals surface area (Å²) in [5, 5.41) is 1.32. The van der Waals surface area contributed by atoms with Crippen LogP contribution in [0, 0.1) is 6.92 Å². The first-order valence-corrected chi connectivity index (χ1v) is 8.67. The number of likely N-dealkylation sites (tertiary alicyclic amines) is 1. The van der Waals surface area contributed by atoms with Gasteiger partial charge in [-0.1, -0.05) is 54.4 Å². The van der Waals surface area contributed by atoms with Crippen molar-refractivity contribution in [3.63, 3.8) is 0 Å². The fourth-order valence-corrected chi connectivity index (χ4v) is 3.74. The lowest BCUT2D eigenvalue weighted by molar-refractivity contribution is 0.138. The smallest absolute Gasteiger partial charge is 0.0502 e. The number of nitrogens with zero attached hydrogens (tertiary/aromatic N) is 1. The fourth-order valence-electron chi connectivity index (χ4n) is 3.74. The van der Waals surface area contributed by atoms with Crippen molar-refractivity contribution in [1.29, 1.82) is 0 Å². The van der Waals surface area contributed by atoms with Gasteiger partial charge in [-0.2, -0.15) is 0 Å². The Balaban J connectivity index is 1.60. The van der Waals surface area contributed by atoms with E-state index in [9.17, 15) is 0 Å². The number of piperidine rings is 1. The molecule has 1 aromatic heterocycles. The van der Waals surface area contributed by atoms with Gasteiger partial charge in [0.15, 0.2) is 0 Å². The Morgan fingerprint density at radius 1 is 1.04 bits per heavy atom. The van der Waals surface area contributed by atoms with Crippen molar-refractivity contribution < 1.29 is 0 Å². The number of aromatic nitrogens is 1. The first-order chi connectivity index (χ1) is 11.3. The minimum Gasteiger partial charge on any atom is -0.357 e. The van der Waals surface area contributed by atoms with Crippen LogP contribution in [-0.4, -0.2) is 16.4 Å². The topological polar surface area (TPSA) is 19.0 Å². The summed E-state index contributed by atoms with van der Waals surface area (Å²) in [7, 11) is 0. The molecule has 0 aliphatic carbocycles. The van der Waals surface area contributed by atoms with Gasteiger partial charge in [0, 0.05) is 17.8 Å². The number of fused-ring (bicyclic) bond motifs is 1. The number of H-pyrrole nitrogens is 1. The van der Waals surface area contributed by atoms with Crippen LogP contribution < -0.4 is 0 Å². The van der Waals surface area contributed by atoms with E-state index in [-0.39, 0.29) is 0 Å². The molecule has 2 aromatic carbocycles. The Morgan fingerprint density at radius 3 is 2.70 bits per heavy atom. The summed E-state index contributed by atoms with van der Waals surface area (Å²) in [6.45, 7) is 4.38. The zero-order chi connectivity index (χ0) is 15.6. The molecule has 0 spiro atoms. The van der Waals surface area contributed by atoms with Gasteiger partial charge in [-0.25, -0.2) is 0 Å². The van der Waals surface area contributed by atoms with Crippen molar-refractivity contribution in [2.45, 2.75) is 38.8 Å². The van der Waals surface area contributed by atoms with Crippen LogP contribution in [-0.2, 0) is 6.54 Å². The lowest BCUT2D eigenvalue weighted by Gasteiger charge is -2.35. The minimum atomic E-state index is 0.512. The number of hydrogen-bond acceptors (Lipinski definition) is 1. The lowest BCUT2D eigenvalue weighted by Crippen LogP contribution is -2.33. The molecule has 23 heavy (non-hydrogen) atoms. The normalized spacial score (nSPS) is 19.3. The minimum absolute atomic E-state index is 0.512. The Bertz CT molecular complexity index is 752. The van der Waals surface area contributed by atoms with E-state index in [0.717, 1.165) is 6.54 Å². The average Bonchev–Trinajstić information content (AvgIpc) is 3.01. The highest BCUT2D eigenvalue weighted by Gasteiger charge is 2.25. The van der Waals surface area contributed by atoms with Gasteiger partial charge in [0.25, 0.3) is 0 Å². The van der Waals surface area contributed by atoms with Crippen molar-refractivity contribution in [3.05, 3.63) is 71.4 Å². The molecular weight excluding hydrogens is 280 g/mol. The molecule has 4 rings (SSSR count). The quantitative estimate of drug-likeness (QED) is 0.704. The molecule has 118 valence electrons. The van der Waals surface area contributed by atoms with E-state index in [2.05, 4.69) is 71.4 Å². The SMILES string of the molecule is Cc1ccc(CN2CCCC[C@H]2c2cc3ccccc3[nH]2)cc1. The molecular formula is C21H24N2. The maximum Gasteiger partial charge on any atom is 0.0502 e. The summed E-state index contributed by atoms with van der Waals surface area (Å²) in [4.78, 5) is 6.29. The van der Waals surface area contributed by atoms with Crippen molar-refractivity contribution in [3.8, 4) is 0 Å². The third kappa shape index (κ3) is 3.04. The second-order valence-electron chi connectivity index (χ2n) is 6.78. The average molecular weight is 304 g/mol.